The van der Waals surface area contributed by atoms with E-state index < -0.39 is 5.97 Å². The molecule has 1 N–H and O–H groups in total. The molecule has 0 saturated heterocycles. The zero-order chi connectivity index (χ0) is 8.97. The highest BCUT2D eigenvalue weighted by atomic mass is 16.4. The first-order chi connectivity index (χ1) is 5.75. The third-order valence-corrected chi connectivity index (χ3v) is 2.60. The first-order valence-electron chi connectivity index (χ1n) is 4.65. The number of carboxylic acid groups (broad SMARTS) is 1. The summed E-state index contributed by atoms with van der Waals surface area (Å²) in [5.41, 5.74) is 0.620. The molecule has 0 aromatic carbocycles. The van der Waals surface area contributed by atoms with Gasteiger partial charge in [0.25, 0.3) is 0 Å². The Labute approximate surface area is 73.3 Å². The predicted octanol–water partition coefficient (Wildman–Crippen LogP) is 2.60. The van der Waals surface area contributed by atoms with Crippen LogP contribution in [-0.4, -0.2) is 11.1 Å². The summed E-state index contributed by atoms with van der Waals surface area (Å²) in [6.45, 7) is 1.82. The van der Waals surface area contributed by atoms with Crippen LogP contribution in [0.4, 0.5) is 0 Å². The third kappa shape index (κ3) is 2.10. The molecule has 1 aliphatic rings. The van der Waals surface area contributed by atoms with Crippen molar-refractivity contribution in [2.75, 3.05) is 0 Å². The second-order valence-corrected chi connectivity index (χ2v) is 3.38. The Balaban J connectivity index is 2.59. The van der Waals surface area contributed by atoms with Gasteiger partial charge in [0.05, 0.1) is 0 Å². The van der Waals surface area contributed by atoms with E-state index in [9.17, 15) is 4.79 Å². The Kier molecular flexibility index (Phi) is 3.32. The van der Waals surface area contributed by atoms with Crippen LogP contribution in [0.15, 0.2) is 11.6 Å². The van der Waals surface area contributed by atoms with Crippen molar-refractivity contribution in [3.63, 3.8) is 0 Å². The molecule has 2 heteroatoms. The van der Waals surface area contributed by atoms with E-state index in [1.54, 1.807) is 6.08 Å². The quantitative estimate of drug-likeness (QED) is 0.643. The summed E-state index contributed by atoms with van der Waals surface area (Å²) >= 11 is 0. The highest BCUT2D eigenvalue weighted by Crippen LogP contribution is 2.29. The fourth-order valence-corrected chi connectivity index (χ4v) is 1.95. The second kappa shape index (κ2) is 4.29. The van der Waals surface area contributed by atoms with Crippen molar-refractivity contribution < 1.29 is 9.90 Å². The molecule has 0 aliphatic heterocycles. The predicted molar refractivity (Wildman–Crippen MR) is 48.0 cm³/mol. The van der Waals surface area contributed by atoms with Crippen LogP contribution >= 0.6 is 0 Å². The minimum atomic E-state index is -0.732. The van der Waals surface area contributed by atoms with Gasteiger partial charge in [-0.3, -0.25) is 0 Å². The molecule has 0 heterocycles. The lowest BCUT2D eigenvalue weighted by molar-refractivity contribution is -0.133. The van der Waals surface area contributed by atoms with Crippen molar-refractivity contribution in [2.45, 2.75) is 39.0 Å². The van der Waals surface area contributed by atoms with E-state index in [1.807, 2.05) is 6.92 Å². The zero-order valence-corrected chi connectivity index (χ0v) is 7.55. The van der Waals surface area contributed by atoms with E-state index in [-0.39, 0.29) is 0 Å². The largest absolute Gasteiger partial charge is 0.478 e. The van der Waals surface area contributed by atoms with Gasteiger partial charge in [-0.25, -0.2) is 4.79 Å². The average Bonchev–Trinajstić information content (AvgIpc) is 2.07. The van der Waals surface area contributed by atoms with Crippen LogP contribution in [-0.2, 0) is 4.79 Å². The Hall–Kier alpha value is -0.790. The lowest BCUT2D eigenvalue weighted by Crippen LogP contribution is -2.15. The first kappa shape index (κ1) is 9.30. The van der Waals surface area contributed by atoms with E-state index in [0.717, 1.165) is 12.8 Å². The Morgan fingerprint density at radius 1 is 1.33 bits per heavy atom. The van der Waals surface area contributed by atoms with E-state index in [1.165, 1.54) is 19.3 Å². The SMILES string of the molecule is C/C=C(/C(=O)O)C1CCCCC1. The van der Waals surface area contributed by atoms with Gasteiger partial charge in [0, 0.05) is 5.57 Å². The van der Waals surface area contributed by atoms with Crippen molar-refractivity contribution in [3.05, 3.63) is 11.6 Å². The van der Waals surface area contributed by atoms with Crippen LogP contribution in [0.5, 0.6) is 0 Å². The number of hydrogen-bond donors (Lipinski definition) is 1. The van der Waals surface area contributed by atoms with Gasteiger partial charge in [0.15, 0.2) is 0 Å². The molecule has 0 amide bonds. The second-order valence-electron chi connectivity index (χ2n) is 3.38. The Bertz CT molecular complexity index is 188. The van der Waals surface area contributed by atoms with Gasteiger partial charge in [-0.1, -0.05) is 25.3 Å². The number of carboxylic acids is 1. The molecule has 1 fully saturated rings. The molecule has 2 nitrogen and oxygen atoms in total. The van der Waals surface area contributed by atoms with Gasteiger partial charge in [0.2, 0.25) is 0 Å². The van der Waals surface area contributed by atoms with Crippen LogP contribution < -0.4 is 0 Å². The number of aliphatic carboxylic acids is 1. The fraction of sp³-hybridized carbons (Fsp3) is 0.700. The Morgan fingerprint density at radius 2 is 1.92 bits per heavy atom. The van der Waals surface area contributed by atoms with Gasteiger partial charge < -0.3 is 5.11 Å². The first-order valence-corrected chi connectivity index (χ1v) is 4.65. The highest BCUT2D eigenvalue weighted by molar-refractivity contribution is 5.87. The molecule has 0 spiro atoms. The fourth-order valence-electron chi connectivity index (χ4n) is 1.95. The Morgan fingerprint density at radius 3 is 2.33 bits per heavy atom. The molecule has 0 bridgehead atoms. The number of allylic oxidation sites excluding steroid dienone is 1. The number of carbonyl (C=O) groups is 1. The number of rotatable bonds is 2. The molecule has 12 heavy (non-hydrogen) atoms. The normalized spacial score (nSPS) is 20.9. The third-order valence-electron chi connectivity index (χ3n) is 2.60. The van der Waals surface area contributed by atoms with Crippen LogP contribution in [0.3, 0.4) is 0 Å². The van der Waals surface area contributed by atoms with Crippen molar-refractivity contribution in [2.24, 2.45) is 5.92 Å². The van der Waals surface area contributed by atoms with Crippen LogP contribution in [0.2, 0.25) is 0 Å². The van der Waals surface area contributed by atoms with Gasteiger partial charge in [-0.05, 0) is 25.7 Å². The van der Waals surface area contributed by atoms with E-state index in [4.69, 9.17) is 5.11 Å². The van der Waals surface area contributed by atoms with Gasteiger partial charge in [-0.15, -0.1) is 0 Å². The van der Waals surface area contributed by atoms with Gasteiger partial charge in [0.1, 0.15) is 0 Å². The van der Waals surface area contributed by atoms with Gasteiger partial charge in [-0.2, -0.15) is 0 Å². The van der Waals surface area contributed by atoms with Crippen molar-refractivity contribution in [1.29, 1.82) is 0 Å². The summed E-state index contributed by atoms with van der Waals surface area (Å²) < 4.78 is 0. The maximum Gasteiger partial charge on any atom is 0.331 e. The lowest BCUT2D eigenvalue weighted by Gasteiger charge is -2.21. The smallest absolute Gasteiger partial charge is 0.331 e. The molecule has 68 valence electrons. The average molecular weight is 168 g/mol. The van der Waals surface area contributed by atoms with E-state index in [2.05, 4.69) is 0 Å². The van der Waals surface area contributed by atoms with Crippen molar-refractivity contribution in [3.8, 4) is 0 Å². The van der Waals surface area contributed by atoms with E-state index >= 15 is 0 Å². The number of hydrogen-bond acceptors (Lipinski definition) is 1. The summed E-state index contributed by atoms with van der Waals surface area (Å²) in [7, 11) is 0. The highest BCUT2D eigenvalue weighted by Gasteiger charge is 2.21. The summed E-state index contributed by atoms with van der Waals surface area (Å²) in [6, 6.07) is 0. The minimum absolute atomic E-state index is 0.321. The van der Waals surface area contributed by atoms with Crippen LogP contribution in [0.25, 0.3) is 0 Å². The van der Waals surface area contributed by atoms with Crippen molar-refractivity contribution in [1.82, 2.24) is 0 Å². The lowest BCUT2D eigenvalue weighted by atomic mass is 9.84. The molecule has 1 aliphatic carbocycles. The monoisotopic (exact) mass is 168 g/mol. The maximum absolute atomic E-state index is 10.8. The molecule has 0 unspecified atom stereocenters. The topological polar surface area (TPSA) is 37.3 Å². The molecular weight excluding hydrogens is 152 g/mol. The summed E-state index contributed by atoms with van der Waals surface area (Å²) in [5.74, 6) is -0.411. The summed E-state index contributed by atoms with van der Waals surface area (Å²) in [5, 5.41) is 8.86. The molecule has 0 aromatic heterocycles. The summed E-state index contributed by atoms with van der Waals surface area (Å²) in [4.78, 5) is 10.8. The molecule has 0 radical (unpaired) electrons. The van der Waals surface area contributed by atoms with Crippen molar-refractivity contribution >= 4 is 5.97 Å². The zero-order valence-electron chi connectivity index (χ0n) is 7.55. The van der Waals surface area contributed by atoms with Gasteiger partial charge >= 0.3 is 5.97 Å². The molecule has 1 rings (SSSR count). The standard InChI is InChI=1S/C10H16O2/c1-2-9(10(11)12)8-6-4-3-5-7-8/h2,8H,3-7H2,1H3,(H,11,12)/b9-2+. The summed E-state index contributed by atoms with van der Waals surface area (Å²) in [6.07, 6.45) is 7.52. The maximum atomic E-state index is 10.8. The van der Waals surface area contributed by atoms with Crippen LogP contribution in [0.1, 0.15) is 39.0 Å². The molecule has 0 atom stereocenters. The molecule has 0 aromatic rings. The minimum Gasteiger partial charge on any atom is -0.478 e. The van der Waals surface area contributed by atoms with E-state index in [0.29, 0.717) is 11.5 Å². The van der Waals surface area contributed by atoms with Crippen LogP contribution in [0, 0.1) is 5.92 Å². The molecule has 1 saturated carbocycles. The molecular formula is C10H16O2.